The number of carbonyl (C=O) groups is 1. The Morgan fingerprint density at radius 2 is 2.20 bits per heavy atom. The largest absolute Gasteiger partial charge is 0.399 e. The number of nitrogens with two attached hydrogens (primary N) is 1. The quantitative estimate of drug-likeness (QED) is 0.679. The summed E-state index contributed by atoms with van der Waals surface area (Å²) >= 11 is 0. The summed E-state index contributed by atoms with van der Waals surface area (Å²) in [6.45, 7) is 3.98. The van der Waals surface area contributed by atoms with Crippen molar-refractivity contribution in [2.45, 2.75) is 20.3 Å². The summed E-state index contributed by atoms with van der Waals surface area (Å²) in [7, 11) is 0. The van der Waals surface area contributed by atoms with Crippen LogP contribution in [0.5, 0.6) is 0 Å². The highest BCUT2D eigenvalue weighted by molar-refractivity contribution is 5.89. The number of hydrogen-bond acceptors (Lipinski definition) is 2. The molecule has 15 heavy (non-hydrogen) atoms. The van der Waals surface area contributed by atoms with Crippen LogP contribution in [0.25, 0.3) is 5.57 Å². The highest BCUT2D eigenvalue weighted by Crippen LogP contribution is 2.17. The second-order valence-corrected chi connectivity index (χ2v) is 3.87. The van der Waals surface area contributed by atoms with E-state index in [2.05, 4.69) is 4.99 Å². The molecule has 0 saturated carbocycles. The lowest BCUT2D eigenvalue weighted by molar-refractivity contribution is -0.120. The summed E-state index contributed by atoms with van der Waals surface area (Å²) in [5, 5.41) is 1.76. The Morgan fingerprint density at radius 3 is 2.87 bits per heavy atom. The first-order valence-corrected chi connectivity index (χ1v) is 5.12. The lowest BCUT2D eigenvalue weighted by atomic mass is 9.92. The van der Waals surface area contributed by atoms with E-state index in [0.29, 0.717) is 5.69 Å². The van der Waals surface area contributed by atoms with Crippen molar-refractivity contribution in [2.75, 3.05) is 5.73 Å². The molecule has 1 aliphatic heterocycles. The molecule has 78 valence electrons. The number of benzene rings is 1. The molecule has 1 aromatic rings. The van der Waals surface area contributed by atoms with E-state index < -0.39 is 0 Å². The fourth-order valence-corrected chi connectivity index (χ4v) is 2.02. The molecule has 0 radical (unpaired) electrons. The van der Waals surface area contributed by atoms with Crippen LogP contribution in [-0.4, -0.2) is 5.91 Å². The topological polar surface area (TPSA) is 55.5 Å². The Labute approximate surface area is 88.3 Å². The maximum absolute atomic E-state index is 11.7. The summed E-state index contributed by atoms with van der Waals surface area (Å²) in [6.07, 6.45) is 0.794. The van der Waals surface area contributed by atoms with E-state index in [4.69, 9.17) is 5.73 Å². The van der Waals surface area contributed by atoms with Crippen LogP contribution in [-0.2, 0) is 4.79 Å². The number of fused-ring (bicyclic) bond motifs is 1. The molecule has 1 aliphatic rings. The number of amides is 1. The van der Waals surface area contributed by atoms with E-state index in [1.54, 1.807) is 12.1 Å². The van der Waals surface area contributed by atoms with Crippen LogP contribution in [0.1, 0.15) is 20.3 Å². The van der Waals surface area contributed by atoms with Crippen LogP contribution < -0.4 is 16.3 Å². The average Bonchev–Trinajstić information content (AvgIpc) is 2.20. The first-order valence-electron chi connectivity index (χ1n) is 5.12. The van der Waals surface area contributed by atoms with Gasteiger partial charge in [0.2, 0.25) is 0 Å². The summed E-state index contributed by atoms with van der Waals surface area (Å²) < 4.78 is 0. The fourth-order valence-electron chi connectivity index (χ4n) is 2.02. The third-order valence-corrected chi connectivity index (χ3v) is 2.91. The summed E-state index contributed by atoms with van der Waals surface area (Å²) in [5.41, 5.74) is 7.52. The van der Waals surface area contributed by atoms with Crippen molar-refractivity contribution in [2.24, 2.45) is 10.9 Å². The van der Waals surface area contributed by atoms with Gasteiger partial charge in [0.15, 0.2) is 0 Å². The van der Waals surface area contributed by atoms with Gasteiger partial charge in [0, 0.05) is 10.9 Å². The molecule has 2 rings (SSSR count). The molecular weight excluding hydrogens is 188 g/mol. The summed E-state index contributed by atoms with van der Waals surface area (Å²) in [5.74, 6) is -0.105. The van der Waals surface area contributed by atoms with Crippen LogP contribution in [0.2, 0.25) is 0 Å². The van der Waals surface area contributed by atoms with Crippen molar-refractivity contribution in [3.63, 3.8) is 0 Å². The highest BCUT2D eigenvalue weighted by atomic mass is 16.1. The number of rotatable bonds is 1. The van der Waals surface area contributed by atoms with Gasteiger partial charge in [-0.15, -0.1) is 0 Å². The second kappa shape index (κ2) is 3.50. The molecule has 1 unspecified atom stereocenters. The van der Waals surface area contributed by atoms with Gasteiger partial charge in [-0.05, 0) is 31.5 Å². The number of anilines is 1. The van der Waals surface area contributed by atoms with Crippen LogP contribution in [0.3, 0.4) is 0 Å². The van der Waals surface area contributed by atoms with Gasteiger partial charge in [0.25, 0.3) is 5.91 Å². The van der Waals surface area contributed by atoms with Gasteiger partial charge < -0.3 is 5.73 Å². The van der Waals surface area contributed by atoms with Crippen LogP contribution in [0.4, 0.5) is 5.69 Å². The van der Waals surface area contributed by atoms with E-state index in [-0.39, 0.29) is 11.8 Å². The minimum Gasteiger partial charge on any atom is -0.399 e. The molecule has 0 spiro atoms. The molecule has 2 N–H and O–H groups in total. The van der Waals surface area contributed by atoms with Gasteiger partial charge in [-0.2, -0.15) is 0 Å². The molecule has 0 fully saturated rings. The molecule has 1 heterocycles. The summed E-state index contributed by atoms with van der Waals surface area (Å²) in [4.78, 5) is 15.7. The average molecular weight is 202 g/mol. The van der Waals surface area contributed by atoms with Gasteiger partial charge in [-0.1, -0.05) is 12.5 Å². The lowest BCUT2D eigenvalue weighted by Gasteiger charge is -2.15. The molecule has 0 saturated heterocycles. The maximum Gasteiger partial charge on any atom is 0.253 e. The molecular formula is C12H14N2O. The van der Waals surface area contributed by atoms with Gasteiger partial charge in [-0.3, -0.25) is 4.79 Å². The zero-order chi connectivity index (χ0) is 11.0. The van der Waals surface area contributed by atoms with Gasteiger partial charge in [0.1, 0.15) is 0 Å². The number of carbonyl (C=O) groups excluding carboxylic acids is 1. The molecule has 3 heteroatoms. The molecule has 0 bridgehead atoms. The zero-order valence-electron chi connectivity index (χ0n) is 8.95. The minimum absolute atomic E-state index is 0.0349. The van der Waals surface area contributed by atoms with Crippen LogP contribution in [0.15, 0.2) is 23.2 Å². The Kier molecular flexibility index (Phi) is 2.31. The van der Waals surface area contributed by atoms with E-state index in [9.17, 15) is 4.79 Å². The van der Waals surface area contributed by atoms with E-state index in [1.807, 2.05) is 19.9 Å². The van der Waals surface area contributed by atoms with Gasteiger partial charge in [-0.25, -0.2) is 4.99 Å². The fraction of sp³-hybridized carbons (Fsp3) is 0.333. The predicted octanol–water partition coefficient (Wildman–Crippen LogP) is 0.625. The van der Waals surface area contributed by atoms with Crippen molar-refractivity contribution in [3.05, 3.63) is 28.8 Å². The number of nitrogens with zero attached hydrogens (tertiary/aromatic N) is 1. The van der Waals surface area contributed by atoms with Crippen molar-refractivity contribution < 1.29 is 4.79 Å². The van der Waals surface area contributed by atoms with Gasteiger partial charge in [0.05, 0.1) is 11.3 Å². The summed E-state index contributed by atoms with van der Waals surface area (Å²) in [6, 6.07) is 5.47. The molecule has 1 amide bonds. The molecule has 1 atom stereocenters. The van der Waals surface area contributed by atoms with Crippen LogP contribution >= 0.6 is 0 Å². The first kappa shape index (κ1) is 9.90. The lowest BCUT2D eigenvalue weighted by Crippen LogP contribution is -2.36. The monoisotopic (exact) mass is 202 g/mol. The Bertz CT molecular complexity index is 531. The molecule has 3 nitrogen and oxygen atoms in total. The van der Waals surface area contributed by atoms with Crippen molar-refractivity contribution in [1.82, 2.24) is 0 Å². The third kappa shape index (κ3) is 1.54. The minimum atomic E-state index is -0.0701. The van der Waals surface area contributed by atoms with Crippen molar-refractivity contribution >= 4 is 17.2 Å². The Morgan fingerprint density at radius 1 is 1.47 bits per heavy atom. The number of nitrogen functional groups attached to an aromatic ring is 1. The highest BCUT2D eigenvalue weighted by Gasteiger charge is 2.21. The Balaban J connectivity index is 2.80. The molecule has 0 aliphatic carbocycles. The first-order chi connectivity index (χ1) is 7.13. The molecule has 1 aromatic carbocycles. The Hall–Kier alpha value is -1.64. The van der Waals surface area contributed by atoms with E-state index in [1.165, 1.54) is 0 Å². The maximum atomic E-state index is 11.7. The standard InChI is InChI=1S/C12H14N2O/c1-3-9-7(2)10-6-8(13)4-5-11(10)14-12(9)15/h4-6,9H,3,13H2,1-2H3. The van der Waals surface area contributed by atoms with Crippen LogP contribution in [0, 0.1) is 5.92 Å². The van der Waals surface area contributed by atoms with E-state index in [0.717, 1.165) is 22.6 Å². The second-order valence-electron chi connectivity index (χ2n) is 3.87. The van der Waals surface area contributed by atoms with Gasteiger partial charge >= 0.3 is 0 Å². The zero-order valence-corrected chi connectivity index (χ0v) is 8.95. The predicted molar refractivity (Wildman–Crippen MR) is 59.5 cm³/mol. The van der Waals surface area contributed by atoms with Crippen molar-refractivity contribution in [1.29, 1.82) is 0 Å². The normalized spacial score (nSPS) is 19.7. The SMILES string of the molecule is CCC1C(=O)N=c2ccc(N)cc2=C1C. The smallest absolute Gasteiger partial charge is 0.253 e. The molecule has 0 aromatic heterocycles. The third-order valence-electron chi connectivity index (χ3n) is 2.91. The number of hydrogen-bond donors (Lipinski definition) is 1. The van der Waals surface area contributed by atoms with E-state index >= 15 is 0 Å². The van der Waals surface area contributed by atoms with Crippen molar-refractivity contribution in [3.8, 4) is 0 Å².